The van der Waals surface area contributed by atoms with E-state index >= 15 is 0 Å². The molecule has 0 saturated carbocycles. The fourth-order valence-electron chi connectivity index (χ4n) is 2.47. The Morgan fingerprint density at radius 2 is 1.74 bits per heavy atom. The topological polar surface area (TPSA) is 64.4 Å². The highest BCUT2D eigenvalue weighted by molar-refractivity contribution is 9.10. The predicted molar refractivity (Wildman–Crippen MR) is 110 cm³/mol. The quantitative estimate of drug-likeness (QED) is 0.346. The van der Waals surface area contributed by atoms with Crippen molar-refractivity contribution in [3.8, 4) is 5.75 Å². The van der Waals surface area contributed by atoms with E-state index in [4.69, 9.17) is 16.3 Å². The molecule has 0 aliphatic heterocycles. The zero-order valence-corrected chi connectivity index (χ0v) is 16.5. The molecule has 3 rings (SSSR count). The van der Waals surface area contributed by atoms with Crippen LogP contribution in [0.1, 0.15) is 11.1 Å². The van der Waals surface area contributed by atoms with Crippen molar-refractivity contribution < 1.29 is 9.66 Å². The second-order valence-electron chi connectivity index (χ2n) is 5.82. The normalized spacial score (nSPS) is 10.4. The summed E-state index contributed by atoms with van der Waals surface area (Å²) in [6.45, 7) is 0.864. The molecule has 7 heteroatoms. The van der Waals surface area contributed by atoms with Gasteiger partial charge in [-0.15, -0.1) is 0 Å². The largest absolute Gasteiger partial charge is 0.489 e. The standard InChI is InChI=1S/C20H16BrClN2O3/c21-16-3-6-18(7-4-16)23-12-15-11-17(22)5-10-20(15)27-13-14-1-8-19(9-2-14)24(25)26/h1-11,23H,12-13H2. The molecule has 0 atom stereocenters. The zero-order chi connectivity index (χ0) is 19.2. The molecule has 0 saturated heterocycles. The molecule has 0 aliphatic rings. The van der Waals surface area contributed by atoms with Gasteiger partial charge in [0.05, 0.1) is 4.92 Å². The van der Waals surface area contributed by atoms with Crippen LogP contribution in [-0.4, -0.2) is 4.92 Å². The van der Waals surface area contributed by atoms with Gasteiger partial charge in [0.25, 0.3) is 5.69 Å². The Morgan fingerprint density at radius 1 is 1.04 bits per heavy atom. The first-order valence-corrected chi connectivity index (χ1v) is 9.32. The molecule has 0 aromatic heterocycles. The summed E-state index contributed by atoms with van der Waals surface area (Å²) in [6.07, 6.45) is 0. The average molecular weight is 448 g/mol. The molecule has 0 spiro atoms. The van der Waals surface area contributed by atoms with Crippen LogP contribution in [0.15, 0.2) is 71.2 Å². The summed E-state index contributed by atoms with van der Waals surface area (Å²) >= 11 is 9.55. The minimum absolute atomic E-state index is 0.0598. The molecular weight excluding hydrogens is 432 g/mol. The van der Waals surface area contributed by atoms with Gasteiger partial charge in [0.2, 0.25) is 0 Å². The Labute approximate surface area is 170 Å². The molecule has 1 N–H and O–H groups in total. The van der Waals surface area contributed by atoms with Crippen LogP contribution in [0.5, 0.6) is 5.75 Å². The average Bonchev–Trinajstić information content (AvgIpc) is 2.67. The van der Waals surface area contributed by atoms with Crippen LogP contribution in [-0.2, 0) is 13.2 Å². The molecule has 0 aliphatic carbocycles. The molecule has 3 aromatic rings. The fourth-order valence-corrected chi connectivity index (χ4v) is 2.93. The second kappa shape index (κ2) is 8.88. The van der Waals surface area contributed by atoms with Crippen LogP contribution < -0.4 is 10.1 Å². The number of hydrogen-bond donors (Lipinski definition) is 1. The van der Waals surface area contributed by atoms with Gasteiger partial charge in [0.15, 0.2) is 0 Å². The number of halogens is 2. The fraction of sp³-hybridized carbons (Fsp3) is 0.100. The lowest BCUT2D eigenvalue weighted by Crippen LogP contribution is -2.04. The Bertz CT molecular complexity index is 931. The van der Waals surface area contributed by atoms with Crippen LogP contribution in [0.25, 0.3) is 0 Å². The molecule has 27 heavy (non-hydrogen) atoms. The van der Waals surface area contributed by atoms with Crippen molar-refractivity contribution in [3.63, 3.8) is 0 Å². The first-order valence-electron chi connectivity index (χ1n) is 8.15. The van der Waals surface area contributed by atoms with Gasteiger partial charge in [-0.3, -0.25) is 10.1 Å². The predicted octanol–water partition coefficient (Wildman–Crippen LogP) is 6.20. The molecule has 0 fully saturated rings. The van der Waals surface area contributed by atoms with Crippen LogP contribution >= 0.6 is 27.5 Å². The number of nitro benzene ring substituents is 1. The number of nitro groups is 1. The number of hydrogen-bond acceptors (Lipinski definition) is 4. The third-order valence-electron chi connectivity index (χ3n) is 3.89. The zero-order valence-electron chi connectivity index (χ0n) is 14.2. The van der Waals surface area contributed by atoms with Crippen molar-refractivity contribution in [2.75, 3.05) is 5.32 Å². The smallest absolute Gasteiger partial charge is 0.269 e. The summed E-state index contributed by atoms with van der Waals surface area (Å²) < 4.78 is 6.93. The van der Waals surface area contributed by atoms with Gasteiger partial charge in [-0.2, -0.15) is 0 Å². The van der Waals surface area contributed by atoms with Gasteiger partial charge in [0, 0.05) is 39.4 Å². The SMILES string of the molecule is O=[N+]([O-])c1ccc(COc2ccc(Cl)cc2CNc2ccc(Br)cc2)cc1. The van der Waals surface area contributed by atoms with E-state index in [0.717, 1.165) is 21.3 Å². The van der Waals surface area contributed by atoms with Crippen LogP contribution in [0.4, 0.5) is 11.4 Å². The van der Waals surface area contributed by atoms with Gasteiger partial charge < -0.3 is 10.1 Å². The highest BCUT2D eigenvalue weighted by atomic mass is 79.9. The van der Waals surface area contributed by atoms with Crippen molar-refractivity contribution >= 4 is 38.9 Å². The Kier molecular flexibility index (Phi) is 6.32. The first kappa shape index (κ1) is 19.2. The summed E-state index contributed by atoms with van der Waals surface area (Å²) in [5.74, 6) is 0.711. The highest BCUT2D eigenvalue weighted by Gasteiger charge is 2.08. The second-order valence-corrected chi connectivity index (χ2v) is 7.18. The summed E-state index contributed by atoms with van der Waals surface area (Å²) in [4.78, 5) is 10.3. The molecule has 0 amide bonds. The summed E-state index contributed by atoms with van der Waals surface area (Å²) in [7, 11) is 0. The molecule has 138 valence electrons. The number of ether oxygens (including phenoxy) is 1. The minimum atomic E-state index is -0.421. The van der Waals surface area contributed by atoms with Crippen LogP contribution in [0.2, 0.25) is 5.02 Å². The number of benzene rings is 3. The summed E-state index contributed by atoms with van der Waals surface area (Å²) in [5.41, 5.74) is 2.82. The molecule has 0 bridgehead atoms. The van der Waals surface area contributed by atoms with Crippen molar-refractivity contribution in [2.24, 2.45) is 0 Å². The molecule has 3 aromatic carbocycles. The molecule has 0 unspecified atom stereocenters. The van der Waals surface area contributed by atoms with E-state index in [1.807, 2.05) is 36.4 Å². The first-order chi connectivity index (χ1) is 13.0. The van der Waals surface area contributed by atoms with Crippen molar-refractivity contribution in [1.29, 1.82) is 0 Å². The maximum absolute atomic E-state index is 10.7. The van der Waals surface area contributed by atoms with Crippen LogP contribution in [0, 0.1) is 10.1 Å². The molecule has 5 nitrogen and oxygen atoms in total. The third-order valence-corrected chi connectivity index (χ3v) is 4.65. The van der Waals surface area contributed by atoms with E-state index in [1.165, 1.54) is 12.1 Å². The number of non-ortho nitro benzene ring substituents is 1. The lowest BCUT2D eigenvalue weighted by molar-refractivity contribution is -0.384. The van der Waals surface area contributed by atoms with Gasteiger partial charge >= 0.3 is 0 Å². The van der Waals surface area contributed by atoms with Gasteiger partial charge in [-0.25, -0.2) is 0 Å². The van der Waals surface area contributed by atoms with Gasteiger partial charge in [0.1, 0.15) is 12.4 Å². The van der Waals surface area contributed by atoms with E-state index < -0.39 is 4.92 Å². The maximum atomic E-state index is 10.7. The number of anilines is 1. The van der Waals surface area contributed by atoms with Crippen molar-refractivity contribution in [1.82, 2.24) is 0 Å². The third kappa shape index (κ3) is 5.45. The monoisotopic (exact) mass is 446 g/mol. The Balaban J connectivity index is 1.67. The van der Waals surface area contributed by atoms with Crippen molar-refractivity contribution in [2.45, 2.75) is 13.2 Å². The Morgan fingerprint density at radius 3 is 2.41 bits per heavy atom. The van der Waals surface area contributed by atoms with Crippen molar-refractivity contribution in [3.05, 3.63) is 97.5 Å². The summed E-state index contributed by atoms with van der Waals surface area (Å²) in [5, 5.41) is 14.7. The van der Waals surface area contributed by atoms with E-state index in [0.29, 0.717) is 23.9 Å². The van der Waals surface area contributed by atoms with Gasteiger partial charge in [-0.05, 0) is 60.2 Å². The number of nitrogens with one attached hydrogen (secondary N) is 1. The van der Waals surface area contributed by atoms with E-state index in [1.54, 1.807) is 18.2 Å². The van der Waals surface area contributed by atoms with Gasteiger partial charge in [-0.1, -0.05) is 27.5 Å². The van der Waals surface area contributed by atoms with E-state index in [-0.39, 0.29) is 5.69 Å². The molecule has 0 radical (unpaired) electrons. The number of nitrogens with zero attached hydrogens (tertiary/aromatic N) is 1. The van der Waals surface area contributed by atoms with E-state index in [2.05, 4.69) is 21.2 Å². The lowest BCUT2D eigenvalue weighted by Gasteiger charge is -2.13. The Hall–Kier alpha value is -2.57. The lowest BCUT2D eigenvalue weighted by atomic mass is 10.2. The molecular formula is C20H16BrClN2O3. The maximum Gasteiger partial charge on any atom is 0.269 e. The molecule has 0 heterocycles. The minimum Gasteiger partial charge on any atom is -0.489 e. The number of rotatable bonds is 7. The van der Waals surface area contributed by atoms with Crippen LogP contribution in [0.3, 0.4) is 0 Å². The highest BCUT2D eigenvalue weighted by Crippen LogP contribution is 2.25. The summed E-state index contributed by atoms with van der Waals surface area (Å²) in [6, 6.07) is 19.7. The van der Waals surface area contributed by atoms with E-state index in [9.17, 15) is 10.1 Å².